The molecule has 0 aliphatic heterocycles. The van der Waals surface area contributed by atoms with Crippen LogP contribution in [0.4, 0.5) is 0 Å². The van der Waals surface area contributed by atoms with Gasteiger partial charge in [0, 0.05) is 5.41 Å². The van der Waals surface area contributed by atoms with Crippen LogP contribution in [-0.2, 0) is 4.79 Å². The third-order valence-corrected chi connectivity index (χ3v) is 3.24. The molecule has 0 aromatic heterocycles. The first kappa shape index (κ1) is 15.2. The smallest absolute Gasteiger partial charge is 0.218 e. The van der Waals surface area contributed by atoms with Crippen molar-refractivity contribution in [1.29, 1.82) is 0 Å². The molecule has 3 heteroatoms. The number of rotatable bonds is 3. The number of hydrogen-bond acceptors (Lipinski definition) is 2. The summed E-state index contributed by atoms with van der Waals surface area (Å²) in [5.74, 6) is 0.757. The minimum absolute atomic E-state index is 0.0231. The monoisotopic (exact) mass is 312 g/mol. The highest BCUT2D eigenvalue weighted by Crippen LogP contribution is 2.33. The molecule has 0 spiro atoms. The van der Waals surface area contributed by atoms with Gasteiger partial charge in [0.2, 0.25) is 4.51 Å². The summed E-state index contributed by atoms with van der Waals surface area (Å²) >= 11 is 3.40. The molecule has 0 saturated heterocycles. The highest BCUT2D eigenvalue weighted by molar-refractivity contribution is 9.10. The first-order valence-corrected chi connectivity index (χ1v) is 6.83. The number of aryl methyl sites for hydroxylation is 2. The topological polar surface area (TPSA) is 26.3 Å². The maximum Gasteiger partial charge on any atom is 0.218 e. The normalized spacial score (nSPS) is 15.1. The molecular formula is C15H21BrO2. The molecular weight excluding hydrogens is 292 g/mol. The molecule has 0 aliphatic rings. The number of carbonyl (C=O) groups excluding carboxylic acids is 1. The number of Topliss-reactive ketones (excluding diaryl/α,β-unsaturated/α-hetero) is 1. The summed E-state index contributed by atoms with van der Waals surface area (Å²) in [6, 6.07) is 5.92. The Bertz CT molecular complexity index is 456. The van der Waals surface area contributed by atoms with Crippen LogP contribution >= 0.6 is 15.9 Å². The average molecular weight is 313 g/mol. The van der Waals surface area contributed by atoms with Gasteiger partial charge in [-0.2, -0.15) is 0 Å². The molecule has 0 heterocycles. The third-order valence-electron chi connectivity index (χ3n) is 2.72. The largest absolute Gasteiger partial charge is 0.468 e. The van der Waals surface area contributed by atoms with Crippen molar-refractivity contribution >= 4 is 21.7 Å². The minimum atomic E-state index is -0.995. The summed E-state index contributed by atoms with van der Waals surface area (Å²) in [5.41, 5.74) is 1.76. The van der Waals surface area contributed by atoms with E-state index >= 15 is 0 Å². The Morgan fingerprint density at radius 1 is 1.17 bits per heavy atom. The molecule has 100 valence electrons. The Morgan fingerprint density at radius 3 is 2.17 bits per heavy atom. The van der Waals surface area contributed by atoms with Crippen LogP contribution in [0.25, 0.3) is 0 Å². The summed E-state index contributed by atoms with van der Waals surface area (Å²) in [6.45, 7) is 11.4. The van der Waals surface area contributed by atoms with Gasteiger partial charge in [0.25, 0.3) is 0 Å². The molecule has 1 aromatic rings. The molecule has 0 saturated carbocycles. The lowest BCUT2D eigenvalue weighted by atomic mass is 9.88. The van der Waals surface area contributed by atoms with E-state index in [2.05, 4.69) is 15.9 Å². The second-order valence-electron chi connectivity index (χ2n) is 5.87. The van der Waals surface area contributed by atoms with Gasteiger partial charge in [-0.15, -0.1) is 0 Å². The van der Waals surface area contributed by atoms with E-state index in [4.69, 9.17) is 4.74 Å². The van der Waals surface area contributed by atoms with Crippen LogP contribution < -0.4 is 4.74 Å². The maximum atomic E-state index is 12.3. The van der Waals surface area contributed by atoms with Gasteiger partial charge in [-0.3, -0.25) is 4.79 Å². The molecule has 1 rings (SSSR count). The Balaban J connectivity index is 2.99. The van der Waals surface area contributed by atoms with Crippen LogP contribution in [-0.4, -0.2) is 10.3 Å². The predicted molar refractivity (Wildman–Crippen MR) is 78.3 cm³/mol. The molecule has 18 heavy (non-hydrogen) atoms. The molecule has 1 unspecified atom stereocenters. The quantitative estimate of drug-likeness (QED) is 0.773. The average Bonchev–Trinajstić information content (AvgIpc) is 2.20. The number of carbonyl (C=O) groups is 1. The van der Waals surface area contributed by atoms with Gasteiger partial charge in [0.15, 0.2) is 5.78 Å². The van der Waals surface area contributed by atoms with Crippen molar-refractivity contribution in [3.8, 4) is 5.75 Å². The Kier molecular flexibility index (Phi) is 4.26. The molecule has 0 N–H and O–H groups in total. The second-order valence-corrected chi connectivity index (χ2v) is 7.38. The van der Waals surface area contributed by atoms with E-state index in [0.717, 1.165) is 11.3 Å². The number of benzene rings is 1. The Labute approximate surface area is 118 Å². The van der Waals surface area contributed by atoms with Crippen LogP contribution in [0.5, 0.6) is 5.75 Å². The van der Waals surface area contributed by atoms with Gasteiger partial charge >= 0.3 is 0 Å². The zero-order chi connectivity index (χ0) is 14.1. The van der Waals surface area contributed by atoms with Crippen molar-refractivity contribution < 1.29 is 9.53 Å². The van der Waals surface area contributed by atoms with E-state index in [0.29, 0.717) is 0 Å². The van der Waals surface area contributed by atoms with E-state index in [1.807, 2.05) is 52.8 Å². The zero-order valence-corrected chi connectivity index (χ0v) is 13.5. The van der Waals surface area contributed by atoms with E-state index in [1.165, 1.54) is 5.56 Å². The predicted octanol–water partition coefficient (Wildman–Crippen LogP) is 4.41. The van der Waals surface area contributed by atoms with Crippen LogP contribution in [0.3, 0.4) is 0 Å². The van der Waals surface area contributed by atoms with E-state index in [1.54, 1.807) is 6.92 Å². The minimum Gasteiger partial charge on any atom is -0.468 e. The van der Waals surface area contributed by atoms with Crippen LogP contribution in [0.15, 0.2) is 18.2 Å². The Hall–Kier alpha value is -0.830. The van der Waals surface area contributed by atoms with E-state index in [9.17, 15) is 4.79 Å². The summed E-state index contributed by atoms with van der Waals surface area (Å²) in [4.78, 5) is 12.3. The van der Waals surface area contributed by atoms with Gasteiger partial charge in [-0.25, -0.2) is 0 Å². The number of alkyl halides is 1. The van der Waals surface area contributed by atoms with Crippen LogP contribution in [0.1, 0.15) is 38.8 Å². The number of halogens is 1. The molecule has 0 amide bonds. The van der Waals surface area contributed by atoms with Gasteiger partial charge in [0.1, 0.15) is 5.75 Å². The Morgan fingerprint density at radius 2 is 1.72 bits per heavy atom. The van der Waals surface area contributed by atoms with Crippen molar-refractivity contribution in [1.82, 2.24) is 0 Å². The maximum absolute atomic E-state index is 12.3. The molecule has 1 aromatic carbocycles. The lowest BCUT2D eigenvalue weighted by Crippen LogP contribution is -2.42. The fraction of sp³-hybridized carbons (Fsp3) is 0.533. The zero-order valence-electron chi connectivity index (χ0n) is 11.9. The van der Waals surface area contributed by atoms with Gasteiger partial charge in [-0.1, -0.05) is 38.5 Å². The van der Waals surface area contributed by atoms with Crippen LogP contribution in [0.2, 0.25) is 0 Å². The SMILES string of the molecule is Cc1ccc(OC(C)(Br)C(=O)C(C)(C)C)c(C)c1. The third kappa shape index (κ3) is 3.58. The fourth-order valence-corrected chi connectivity index (χ4v) is 2.61. The highest BCUT2D eigenvalue weighted by Gasteiger charge is 2.40. The van der Waals surface area contributed by atoms with E-state index in [-0.39, 0.29) is 5.78 Å². The lowest BCUT2D eigenvalue weighted by molar-refractivity contribution is -0.134. The van der Waals surface area contributed by atoms with Crippen molar-refractivity contribution in [3.63, 3.8) is 0 Å². The molecule has 0 radical (unpaired) electrons. The van der Waals surface area contributed by atoms with Gasteiger partial charge in [-0.05, 0) is 48.3 Å². The molecule has 0 aliphatic carbocycles. The van der Waals surface area contributed by atoms with Crippen molar-refractivity contribution in [2.75, 3.05) is 0 Å². The summed E-state index contributed by atoms with van der Waals surface area (Å²) < 4.78 is 4.85. The van der Waals surface area contributed by atoms with Gasteiger partial charge in [0.05, 0.1) is 0 Å². The lowest BCUT2D eigenvalue weighted by Gasteiger charge is -2.30. The molecule has 0 fully saturated rings. The van der Waals surface area contributed by atoms with Crippen LogP contribution in [0, 0.1) is 19.3 Å². The number of ether oxygens (including phenoxy) is 1. The molecule has 1 atom stereocenters. The first-order chi connectivity index (χ1) is 8.04. The van der Waals surface area contributed by atoms with Gasteiger partial charge < -0.3 is 4.74 Å². The fourth-order valence-electron chi connectivity index (χ4n) is 1.84. The van der Waals surface area contributed by atoms with Crippen molar-refractivity contribution in [2.45, 2.75) is 46.1 Å². The van der Waals surface area contributed by atoms with E-state index < -0.39 is 9.93 Å². The number of hydrogen-bond donors (Lipinski definition) is 0. The molecule has 0 bridgehead atoms. The standard InChI is InChI=1S/C15H21BrO2/c1-10-7-8-12(11(2)9-10)18-15(6,16)13(17)14(3,4)5/h7-9H,1-6H3. The highest BCUT2D eigenvalue weighted by atomic mass is 79.9. The number of ketones is 1. The molecule has 2 nitrogen and oxygen atoms in total. The first-order valence-electron chi connectivity index (χ1n) is 6.04. The summed E-state index contributed by atoms with van der Waals surface area (Å²) in [5, 5.41) is 0. The van der Waals surface area contributed by atoms with Crippen molar-refractivity contribution in [3.05, 3.63) is 29.3 Å². The second kappa shape index (κ2) is 5.04. The van der Waals surface area contributed by atoms with Crippen molar-refractivity contribution in [2.24, 2.45) is 5.41 Å². The summed E-state index contributed by atoms with van der Waals surface area (Å²) in [6.07, 6.45) is 0. The summed E-state index contributed by atoms with van der Waals surface area (Å²) in [7, 11) is 0.